The Bertz CT molecular complexity index is 393. The smallest absolute Gasteiger partial charge is 0.0702 e. The molecule has 0 fully saturated rings. The molecule has 1 heterocycles. The van der Waals surface area contributed by atoms with Crippen molar-refractivity contribution in [2.45, 2.75) is 34.6 Å². The second-order valence-corrected chi connectivity index (χ2v) is 3.08. The molecule has 0 unspecified atom stereocenters. The summed E-state index contributed by atoms with van der Waals surface area (Å²) in [4.78, 5) is 4.29. The van der Waals surface area contributed by atoms with Crippen molar-refractivity contribution in [3.63, 3.8) is 0 Å². The number of aryl methyl sites for hydroxylation is 1. The van der Waals surface area contributed by atoms with Gasteiger partial charge in [0.1, 0.15) is 0 Å². The molecule has 0 atom stereocenters. The summed E-state index contributed by atoms with van der Waals surface area (Å²) in [5.41, 5.74) is 3.48. The van der Waals surface area contributed by atoms with E-state index >= 15 is 0 Å². The highest BCUT2D eigenvalue weighted by Gasteiger charge is 1.96. The van der Waals surface area contributed by atoms with Gasteiger partial charge in [-0.3, -0.25) is 4.98 Å². The maximum absolute atomic E-state index is 4.29. The first-order valence-corrected chi connectivity index (χ1v) is 6.34. The monoisotopic (exact) mass is 229 g/mol. The molecular weight excluding hydrogens is 206 g/mol. The minimum atomic E-state index is 1.03. The molecule has 1 nitrogen and oxygen atoms in total. The second-order valence-electron chi connectivity index (χ2n) is 3.08. The van der Waals surface area contributed by atoms with E-state index < -0.39 is 0 Å². The van der Waals surface area contributed by atoms with Crippen LogP contribution in [0.1, 0.15) is 33.3 Å². The quantitative estimate of drug-likeness (QED) is 0.662. The molecule has 0 radical (unpaired) electrons. The molecule has 0 saturated carbocycles. The lowest BCUT2D eigenvalue weighted by molar-refractivity contribution is 1.32. The van der Waals surface area contributed by atoms with Gasteiger partial charge in [-0.15, -0.1) is 0 Å². The van der Waals surface area contributed by atoms with Crippen LogP contribution in [0.4, 0.5) is 0 Å². The third-order valence-corrected chi connectivity index (χ3v) is 1.98. The molecular formula is C16H23N. The summed E-state index contributed by atoms with van der Waals surface area (Å²) in [7, 11) is 0. The van der Waals surface area contributed by atoms with Crippen molar-refractivity contribution in [1.82, 2.24) is 4.98 Å². The number of benzene rings is 1. The Hall–Kier alpha value is -1.63. The van der Waals surface area contributed by atoms with Crippen LogP contribution < -0.4 is 0 Å². The zero-order valence-electron chi connectivity index (χ0n) is 11.6. The van der Waals surface area contributed by atoms with Gasteiger partial charge in [-0.2, -0.15) is 0 Å². The van der Waals surface area contributed by atoms with Gasteiger partial charge in [0.15, 0.2) is 0 Å². The Morgan fingerprint density at radius 2 is 1.53 bits per heavy atom. The van der Waals surface area contributed by atoms with Crippen molar-refractivity contribution >= 4 is 0 Å². The summed E-state index contributed by atoms with van der Waals surface area (Å²) >= 11 is 0. The van der Waals surface area contributed by atoms with E-state index in [1.807, 2.05) is 52.1 Å². The molecule has 1 heteroatoms. The Morgan fingerprint density at radius 1 is 0.824 bits per heavy atom. The van der Waals surface area contributed by atoms with Gasteiger partial charge in [0.2, 0.25) is 0 Å². The standard InChI is InChI=1S/C12H11N.2C2H6/c1-10-5-4-6-11(9-10)12-7-2-3-8-13-12;2*1-2/h2-9H,1H3;2*1-2H3. The van der Waals surface area contributed by atoms with Crippen molar-refractivity contribution in [3.05, 3.63) is 54.2 Å². The number of nitrogens with zero attached hydrogens (tertiary/aromatic N) is 1. The van der Waals surface area contributed by atoms with Gasteiger partial charge in [-0.1, -0.05) is 57.5 Å². The van der Waals surface area contributed by atoms with E-state index in [2.05, 4.69) is 36.2 Å². The van der Waals surface area contributed by atoms with Gasteiger partial charge >= 0.3 is 0 Å². The first-order chi connectivity index (χ1) is 8.36. The van der Waals surface area contributed by atoms with Gasteiger partial charge in [0, 0.05) is 11.8 Å². The van der Waals surface area contributed by atoms with Gasteiger partial charge in [0.25, 0.3) is 0 Å². The molecule has 0 spiro atoms. The summed E-state index contributed by atoms with van der Waals surface area (Å²) in [6.45, 7) is 10.1. The zero-order valence-corrected chi connectivity index (χ0v) is 11.6. The topological polar surface area (TPSA) is 12.9 Å². The third kappa shape index (κ3) is 5.30. The highest BCUT2D eigenvalue weighted by molar-refractivity contribution is 5.59. The molecule has 0 N–H and O–H groups in total. The van der Waals surface area contributed by atoms with Crippen LogP contribution in [0.25, 0.3) is 11.3 Å². The lowest BCUT2D eigenvalue weighted by Gasteiger charge is -2.00. The van der Waals surface area contributed by atoms with Crippen molar-refractivity contribution in [2.24, 2.45) is 0 Å². The highest BCUT2D eigenvalue weighted by atomic mass is 14.7. The average molecular weight is 229 g/mol. The summed E-state index contributed by atoms with van der Waals surface area (Å²) in [6.07, 6.45) is 1.82. The molecule has 17 heavy (non-hydrogen) atoms. The van der Waals surface area contributed by atoms with Crippen LogP contribution in [0, 0.1) is 6.92 Å². The lowest BCUT2D eigenvalue weighted by Crippen LogP contribution is -1.81. The van der Waals surface area contributed by atoms with E-state index in [0.29, 0.717) is 0 Å². The van der Waals surface area contributed by atoms with Crippen molar-refractivity contribution in [2.75, 3.05) is 0 Å². The van der Waals surface area contributed by atoms with E-state index in [1.165, 1.54) is 11.1 Å². The lowest BCUT2D eigenvalue weighted by atomic mass is 10.1. The number of hydrogen-bond donors (Lipinski definition) is 0. The summed E-state index contributed by atoms with van der Waals surface area (Å²) in [6, 6.07) is 14.3. The predicted molar refractivity (Wildman–Crippen MR) is 77.1 cm³/mol. The molecule has 1 aromatic heterocycles. The summed E-state index contributed by atoms with van der Waals surface area (Å²) < 4.78 is 0. The molecule has 0 aliphatic carbocycles. The number of pyridine rings is 1. The molecule has 0 saturated heterocycles. The van der Waals surface area contributed by atoms with Crippen molar-refractivity contribution in [1.29, 1.82) is 0 Å². The van der Waals surface area contributed by atoms with Gasteiger partial charge in [-0.05, 0) is 25.1 Å². The Kier molecular flexibility index (Phi) is 8.67. The van der Waals surface area contributed by atoms with E-state index in [0.717, 1.165) is 5.69 Å². The average Bonchev–Trinajstić information content (AvgIpc) is 2.44. The largest absolute Gasteiger partial charge is 0.256 e. The van der Waals surface area contributed by atoms with Crippen LogP contribution >= 0.6 is 0 Å². The molecule has 2 aromatic rings. The fourth-order valence-electron chi connectivity index (χ4n) is 1.34. The van der Waals surface area contributed by atoms with Crippen LogP contribution in [-0.2, 0) is 0 Å². The van der Waals surface area contributed by atoms with Crippen LogP contribution in [0.3, 0.4) is 0 Å². The van der Waals surface area contributed by atoms with Crippen molar-refractivity contribution < 1.29 is 0 Å². The first-order valence-electron chi connectivity index (χ1n) is 6.34. The van der Waals surface area contributed by atoms with Crippen LogP contribution in [-0.4, -0.2) is 4.98 Å². The molecule has 0 aliphatic rings. The van der Waals surface area contributed by atoms with E-state index in [1.54, 1.807) is 0 Å². The van der Waals surface area contributed by atoms with E-state index in [9.17, 15) is 0 Å². The van der Waals surface area contributed by atoms with Gasteiger partial charge in [-0.25, -0.2) is 0 Å². The van der Waals surface area contributed by atoms with Crippen LogP contribution in [0.5, 0.6) is 0 Å². The Labute approximate surface area is 106 Å². The van der Waals surface area contributed by atoms with E-state index in [-0.39, 0.29) is 0 Å². The summed E-state index contributed by atoms with van der Waals surface area (Å²) in [5.74, 6) is 0. The predicted octanol–water partition coefficient (Wildman–Crippen LogP) is 5.11. The minimum Gasteiger partial charge on any atom is -0.256 e. The summed E-state index contributed by atoms with van der Waals surface area (Å²) in [5, 5.41) is 0. The fraction of sp³-hybridized carbons (Fsp3) is 0.312. The molecule has 1 aromatic carbocycles. The molecule has 92 valence electrons. The van der Waals surface area contributed by atoms with Crippen LogP contribution in [0.2, 0.25) is 0 Å². The van der Waals surface area contributed by atoms with Crippen LogP contribution in [0.15, 0.2) is 48.7 Å². The van der Waals surface area contributed by atoms with Gasteiger partial charge in [0.05, 0.1) is 5.69 Å². The normalized spacial score (nSPS) is 8.29. The Balaban J connectivity index is 0.000000581. The number of aromatic nitrogens is 1. The first kappa shape index (κ1) is 15.4. The Morgan fingerprint density at radius 3 is 2.06 bits per heavy atom. The highest BCUT2D eigenvalue weighted by Crippen LogP contribution is 2.16. The number of rotatable bonds is 1. The number of hydrogen-bond acceptors (Lipinski definition) is 1. The minimum absolute atomic E-state index is 1.03. The maximum Gasteiger partial charge on any atom is 0.0702 e. The third-order valence-electron chi connectivity index (χ3n) is 1.98. The maximum atomic E-state index is 4.29. The van der Waals surface area contributed by atoms with Crippen molar-refractivity contribution in [3.8, 4) is 11.3 Å². The molecule has 0 amide bonds. The van der Waals surface area contributed by atoms with E-state index in [4.69, 9.17) is 0 Å². The molecule has 0 bridgehead atoms. The van der Waals surface area contributed by atoms with Gasteiger partial charge < -0.3 is 0 Å². The zero-order chi connectivity index (χ0) is 13.1. The fourth-order valence-corrected chi connectivity index (χ4v) is 1.34. The SMILES string of the molecule is CC.CC.Cc1cccc(-c2ccccn2)c1. The second kappa shape index (κ2) is 9.59. The molecule has 2 rings (SSSR count). The molecule has 0 aliphatic heterocycles.